The van der Waals surface area contributed by atoms with Crippen LogP contribution in [0.3, 0.4) is 0 Å². The van der Waals surface area contributed by atoms with Crippen molar-refractivity contribution in [3.63, 3.8) is 0 Å². The van der Waals surface area contributed by atoms with E-state index in [0.717, 1.165) is 80.4 Å². The highest BCUT2D eigenvalue weighted by Crippen LogP contribution is 2.30. The van der Waals surface area contributed by atoms with E-state index in [0.29, 0.717) is 6.10 Å². The summed E-state index contributed by atoms with van der Waals surface area (Å²) in [4.78, 5) is 0. The molecule has 0 spiro atoms. The zero-order valence-electron chi connectivity index (χ0n) is 22.5. The van der Waals surface area contributed by atoms with Gasteiger partial charge in [-0.15, -0.1) is 0 Å². The Bertz CT molecular complexity index is 408. The maximum absolute atomic E-state index is 5.55. The van der Waals surface area contributed by atoms with Gasteiger partial charge in [-0.05, 0) is 80.0 Å². The second-order valence-electron chi connectivity index (χ2n) is 11.3. The minimum Gasteiger partial charge on any atom is -0.381 e. The van der Waals surface area contributed by atoms with Crippen LogP contribution in [-0.2, 0) is 14.2 Å². The van der Waals surface area contributed by atoms with Gasteiger partial charge in [-0.1, -0.05) is 61.8 Å². The number of rotatable bonds is 4. The van der Waals surface area contributed by atoms with Crippen molar-refractivity contribution in [1.82, 2.24) is 0 Å². The van der Waals surface area contributed by atoms with Crippen LogP contribution in [-0.4, -0.2) is 39.1 Å². The summed E-state index contributed by atoms with van der Waals surface area (Å²) >= 11 is 0. The summed E-state index contributed by atoms with van der Waals surface area (Å²) in [5, 5.41) is 0. The third-order valence-corrected chi connectivity index (χ3v) is 8.00. The molecule has 0 radical (unpaired) electrons. The van der Waals surface area contributed by atoms with Crippen molar-refractivity contribution in [1.29, 1.82) is 0 Å². The molecule has 3 fully saturated rings. The molecule has 0 aromatic rings. The van der Waals surface area contributed by atoms with E-state index < -0.39 is 0 Å². The summed E-state index contributed by atoms with van der Waals surface area (Å²) in [6.07, 6.45) is 6.93. The molecule has 0 aromatic carbocycles. The van der Waals surface area contributed by atoms with Gasteiger partial charge < -0.3 is 14.2 Å². The Morgan fingerprint density at radius 3 is 1.61 bits per heavy atom. The van der Waals surface area contributed by atoms with E-state index in [9.17, 15) is 0 Å². The molecule has 3 heterocycles. The minimum absolute atomic E-state index is 0.494. The normalized spacial score (nSPS) is 34.1. The Morgan fingerprint density at radius 2 is 1.23 bits per heavy atom. The summed E-state index contributed by atoms with van der Waals surface area (Å²) in [6.45, 7) is 25.5. The molecule has 0 saturated carbocycles. The van der Waals surface area contributed by atoms with Crippen LogP contribution in [0.15, 0.2) is 0 Å². The topological polar surface area (TPSA) is 27.7 Å². The first-order valence-corrected chi connectivity index (χ1v) is 13.5. The van der Waals surface area contributed by atoms with E-state index >= 15 is 0 Å². The Labute approximate surface area is 195 Å². The molecule has 0 aliphatic carbocycles. The van der Waals surface area contributed by atoms with E-state index in [1.165, 1.54) is 32.1 Å². The van der Waals surface area contributed by atoms with Gasteiger partial charge in [0.05, 0.1) is 6.10 Å². The summed E-state index contributed by atoms with van der Waals surface area (Å²) in [6, 6.07) is 0. The van der Waals surface area contributed by atoms with Crippen molar-refractivity contribution in [2.45, 2.75) is 101 Å². The lowest BCUT2D eigenvalue weighted by molar-refractivity contribution is -0.0299. The average molecular weight is 441 g/mol. The van der Waals surface area contributed by atoms with Gasteiger partial charge in [0, 0.05) is 33.0 Å². The Hall–Kier alpha value is -0.120. The molecule has 3 nitrogen and oxygen atoms in total. The van der Waals surface area contributed by atoms with Gasteiger partial charge in [0.15, 0.2) is 0 Å². The fourth-order valence-electron chi connectivity index (χ4n) is 5.82. The van der Waals surface area contributed by atoms with Crippen LogP contribution in [0.2, 0.25) is 0 Å². The number of hydrogen-bond donors (Lipinski definition) is 0. The van der Waals surface area contributed by atoms with Crippen molar-refractivity contribution < 1.29 is 14.2 Å². The molecular formula is C28H56O3. The van der Waals surface area contributed by atoms with E-state index in [1.54, 1.807) is 0 Å². The van der Waals surface area contributed by atoms with Crippen LogP contribution in [0.25, 0.3) is 0 Å². The summed E-state index contributed by atoms with van der Waals surface area (Å²) in [5.74, 6) is 6.66. The molecular weight excluding hydrogens is 384 g/mol. The lowest BCUT2D eigenvalue weighted by Gasteiger charge is -2.33. The van der Waals surface area contributed by atoms with Gasteiger partial charge in [0.25, 0.3) is 0 Å². The SMILES string of the molecule is CC(C)C1CCCOC1C.CC(C)C1CCOCC1C.CCC1COCCC1C(C)C. The maximum atomic E-state index is 5.55. The van der Waals surface area contributed by atoms with Crippen molar-refractivity contribution in [3.8, 4) is 0 Å². The maximum Gasteiger partial charge on any atom is 0.0577 e. The molecule has 3 saturated heterocycles. The monoisotopic (exact) mass is 440 g/mol. The van der Waals surface area contributed by atoms with Crippen molar-refractivity contribution in [2.24, 2.45) is 47.3 Å². The second kappa shape index (κ2) is 15.7. The Balaban J connectivity index is 0.000000233. The Kier molecular flexibility index (Phi) is 14.6. The van der Waals surface area contributed by atoms with Gasteiger partial charge in [0.1, 0.15) is 0 Å². The quantitative estimate of drug-likeness (QED) is 0.453. The predicted octanol–water partition coefficient (Wildman–Crippen LogP) is 7.48. The molecule has 3 heteroatoms. The van der Waals surface area contributed by atoms with E-state index in [1.807, 2.05) is 0 Å². The van der Waals surface area contributed by atoms with Gasteiger partial charge in [-0.25, -0.2) is 0 Å². The molecule has 31 heavy (non-hydrogen) atoms. The highest BCUT2D eigenvalue weighted by atomic mass is 16.5. The van der Waals surface area contributed by atoms with E-state index in [-0.39, 0.29) is 0 Å². The smallest absolute Gasteiger partial charge is 0.0577 e. The van der Waals surface area contributed by atoms with Gasteiger partial charge in [-0.3, -0.25) is 0 Å². The zero-order valence-corrected chi connectivity index (χ0v) is 22.5. The highest BCUT2D eigenvalue weighted by molar-refractivity contribution is 4.75. The Morgan fingerprint density at radius 1 is 0.677 bits per heavy atom. The molecule has 0 N–H and O–H groups in total. The van der Waals surface area contributed by atoms with Crippen LogP contribution < -0.4 is 0 Å². The zero-order chi connectivity index (χ0) is 23.4. The first-order valence-electron chi connectivity index (χ1n) is 13.5. The molecule has 3 aliphatic heterocycles. The number of hydrogen-bond acceptors (Lipinski definition) is 3. The van der Waals surface area contributed by atoms with Gasteiger partial charge in [-0.2, -0.15) is 0 Å². The van der Waals surface area contributed by atoms with E-state index in [4.69, 9.17) is 14.2 Å². The average Bonchev–Trinajstić information content (AvgIpc) is 2.75. The lowest BCUT2D eigenvalue weighted by Crippen LogP contribution is -2.30. The standard InChI is InChI=1S/C10H20O.2C9H18O/c1-4-9-7-11-6-5-10(9)8(2)3;1-7(2)9-4-5-10-6-8(9)3;1-7(2)9-5-4-6-10-8(9)3/h8-10H,4-7H2,1-3H3;2*7-9H,4-6H2,1-3H3. The van der Waals surface area contributed by atoms with Crippen LogP contribution >= 0.6 is 0 Å². The van der Waals surface area contributed by atoms with Crippen LogP contribution in [0.5, 0.6) is 0 Å². The minimum atomic E-state index is 0.494. The third kappa shape index (κ3) is 10.6. The molecule has 6 unspecified atom stereocenters. The molecule has 0 bridgehead atoms. The fourth-order valence-corrected chi connectivity index (χ4v) is 5.82. The molecule has 6 atom stereocenters. The highest BCUT2D eigenvalue weighted by Gasteiger charge is 2.26. The first-order chi connectivity index (χ1) is 14.7. The third-order valence-electron chi connectivity index (χ3n) is 8.00. The summed E-state index contributed by atoms with van der Waals surface area (Å²) in [5.41, 5.74) is 0. The molecule has 3 aliphatic rings. The summed E-state index contributed by atoms with van der Waals surface area (Å²) < 4.78 is 16.4. The second-order valence-corrected chi connectivity index (χ2v) is 11.3. The molecule has 0 amide bonds. The van der Waals surface area contributed by atoms with Crippen LogP contribution in [0.1, 0.15) is 94.4 Å². The van der Waals surface area contributed by atoms with Crippen LogP contribution in [0.4, 0.5) is 0 Å². The molecule has 0 aromatic heterocycles. The lowest BCUT2D eigenvalue weighted by atomic mass is 9.79. The fraction of sp³-hybridized carbons (Fsp3) is 1.00. The first kappa shape index (κ1) is 28.9. The largest absolute Gasteiger partial charge is 0.381 e. The molecule has 186 valence electrons. The van der Waals surface area contributed by atoms with Gasteiger partial charge >= 0.3 is 0 Å². The van der Waals surface area contributed by atoms with Crippen molar-refractivity contribution in [3.05, 3.63) is 0 Å². The van der Waals surface area contributed by atoms with Crippen molar-refractivity contribution in [2.75, 3.05) is 33.0 Å². The van der Waals surface area contributed by atoms with Crippen molar-refractivity contribution >= 4 is 0 Å². The number of ether oxygens (including phenoxy) is 3. The predicted molar refractivity (Wildman–Crippen MR) is 133 cm³/mol. The van der Waals surface area contributed by atoms with E-state index in [2.05, 4.69) is 62.3 Å². The van der Waals surface area contributed by atoms with Gasteiger partial charge in [0.2, 0.25) is 0 Å². The molecule has 3 rings (SSSR count). The summed E-state index contributed by atoms with van der Waals surface area (Å²) in [7, 11) is 0. The van der Waals surface area contributed by atoms with Crippen LogP contribution in [0, 0.1) is 47.3 Å².